The molecule has 19 heavy (non-hydrogen) atoms. The number of rotatable bonds is 3. The largest absolute Gasteiger partial charge is 0.388 e. The molecule has 0 aliphatic carbocycles. The molecule has 2 aliphatic rings. The number of fused-ring (bicyclic) bond motifs is 1. The number of nitrogens with one attached hydrogen (secondary N) is 2. The summed E-state index contributed by atoms with van der Waals surface area (Å²) in [5, 5.41) is 6.26. The van der Waals surface area contributed by atoms with Crippen LogP contribution in [-0.2, 0) is 0 Å². The summed E-state index contributed by atoms with van der Waals surface area (Å²) in [5.74, 6) is 0.0569. The molecule has 1 aromatic rings. The van der Waals surface area contributed by atoms with Crippen molar-refractivity contribution in [3.63, 3.8) is 0 Å². The Labute approximate surface area is 114 Å². The van der Waals surface area contributed by atoms with Crippen LogP contribution in [0.25, 0.3) is 0 Å². The molecular weight excluding hydrogens is 238 g/mol. The molecule has 0 aromatic heterocycles. The molecule has 102 valence electrons. The minimum atomic E-state index is 0.0569. The van der Waals surface area contributed by atoms with Gasteiger partial charge in [0.1, 0.15) is 0 Å². The fourth-order valence-corrected chi connectivity index (χ4v) is 3.29. The summed E-state index contributed by atoms with van der Waals surface area (Å²) in [7, 11) is 1.88. The van der Waals surface area contributed by atoms with Crippen LogP contribution in [0.1, 0.15) is 29.6 Å². The van der Waals surface area contributed by atoms with Gasteiger partial charge >= 0.3 is 0 Å². The van der Waals surface area contributed by atoms with Gasteiger partial charge in [0.2, 0.25) is 0 Å². The Hall–Kier alpha value is -1.55. The predicted molar refractivity (Wildman–Crippen MR) is 76.5 cm³/mol. The molecule has 0 spiro atoms. The van der Waals surface area contributed by atoms with Crippen LogP contribution < -0.4 is 10.6 Å². The summed E-state index contributed by atoms with van der Waals surface area (Å²) in [6.45, 7) is 2.34. The van der Waals surface area contributed by atoms with E-state index < -0.39 is 0 Å². The first-order chi connectivity index (χ1) is 9.28. The summed E-state index contributed by atoms with van der Waals surface area (Å²) in [6.07, 6.45) is 3.59. The molecule has 0 saturated carbocycles. The molecule has 4 heteroatoms. The lowest BCUT2D eigenvalue weighted by atomic mass is 10.1. The summed E-state index contributed by atoms with van der Waals surface area (Å²) < 4.78 is 0. The Morgan fingerprint density at radius 3 is 2.74 bits per heavy atom. The lowest BCUT2D eigenvalue weighted by molar-refractivity contribution is 0.0929. The standard InChI is InChI=1S/C15H21N3O/c1-16-12-6-4-11(5-7-12)15(19)17-13-8-10-18-9-2-3-14(13)18/h4-7,13-14,16H,2-3,8-10H2,1H3,(H,17,19). The number of hydrogen-bond donors (Lipinski definition) is 2. The van der Waals surface area contributed by atoms with E-state index in [0.29, 0.717) is 12.1 Å². The first-order valence-corrected chi connectivity index (χ1v) is 7.10. The van der Waals surface area contributed by atoms with E-state index in [1.54, 1.807) is 0 Å². The van der Waals surface area contributed by atoms with Gasteiger partial charge in [0, 0.05) is 36.9 Å². The molecule has 2 fully saturated rings. The van der Waals surface area contributed by atoms with Crippen molar-refractivity contribution < 1.29 is 4.79 Å². The Kier molecular flexibility index (Phi) is 3.42. The number of carbonyl (C=O) groups is 1. The van der Waals surface area contributed by atoms with Crippen LogP contribution in [0.3, 0.4) is 0 Å². The maximum absolute atomic E-state index is 12.2. The van der Waals surface area contributed by atoms with Crippen LogP contribution in [0.4, 0.5) is 5.69 Å². The van der Waals surface area contributed by atoms with Gasteiger partial charge in [-0.25, -0.2) is 0 Å². The molecule has 2 unspecified atom stereocenters. The zero-order chi connectivity index (χ0) is 13.2. The van der Waals surface area contributed by atoms with E-state index >= 15 is 0 Å². The first kappa shape index (κ1) is 12.5. The zero-order valence-electron chi connectivity index (χ0n) is 11.4. The Balaban J connectivity index is 1.64. The molecule has 2 N–H and O–H groups in total. The van der Waals surface area contributed by atoms with Gasteiger partial charge in [0.15, 0.2) is 0 Å². The van der Waals surface area contributed by atoms with Gasteiger partial charge in [-0.3, -0.25) is 9.69 Å². The first-order valence-electron chi connectivity index (χ1n) is 7.10. The molecule has 2 heterocycles. The molecule has 0 bridgehead atoms. The predicted octanol–water partition coefficient (Wildman–Crippen LogP) is 1.69. The quantitative estimate of drug-likeness (QED) is 0.868. The Bertz CT molecular complexity index is 457. The number of nitrogens with zero attached hydrogens (tertiary/aromatic N) is 1. The van der Waals surface area contributed by atoms with E-state index in [0.717, 1.165) is 24.2 Å². The second-order valence-electron chi connectivity index (χ2n) is 5.44. The lowest BCUT2D eigenvalue weighted by Gasteiger charge is -2.21. The fraction of sp³-hybridized carbons (Fsp3) is 0.533. The number of benzene rings is 1. The maximum atomic E-state index is 12.2. The zero-order valence-corrected chi connectivity index (χ0v) is 11.4. The lowest BCUT2D eigenvalue weighted by Crippen LogP contribution is -2.42. The van der Waals surface area contributed by atoms with Crippen LogP contribution >= 0.6 is 0 Å². The topological polar surface area (TPSA) is 44.4 Å². The molecule has 2 atom stereocenters. The van der Waals surface area contributed by atoms with Crippen molar-refractivity contribution in [2.75, 3.05) is 25.5 Å². The van der Waals surface area contributed by atoms with Gasteiger partial charge in [0.05, 0.1) is 0 Å². The molecular formula is C15H21N3O. The molecule has 2 saturated heterocycles. The van der Waals surface area contributed by atoms with E-state index in [2.05, 4.69) is 15.5 Å². The van der Waals surface area contributed by atoms with Crippen molar-refractivity contribution >= 4 is 11.6 Å². The van der Waals surface area contributed by atoms with Crippen molar-refractivity contribution in [3.05, 3.63) is 29.8 Å². The van der Waals surface area contributed by atoms with E-state index in [4.69, 9.17) is 0 Å². The van der Waals surface area contributed by atoms with Crippen LogP contribution in [-0.4, -0.2) is 43.0 Å². The van der Waals surface area contributed by atoms with E-state index in [-0.39, 0.29) is 5.91 Å². The highest BCUT2D eigenvalue weighted by molar-refractivity contribution is 5.94. The van der Waals surface area contributed by atoms with Crippen LogP contribution in [0.15, 0.2) is 24.3 Å². The van der Waals surface area contributed by atoms with Crippen molar-refractivity contribution in [1.82, 2.24) is 10.2 Å². The smallest absolute Gasteiger partial charge is 0.251 e. The summed E-state index contributed by atoms with van der Waals surface area (Å²) in [5.41, 5.74) is 1.77. The molecule has 2 aliphatic heterocycles. The molecule has 4 nitrogen and oxygen atoms in total. The fourth-order valence-electron chi connectivity index (χ4n) is 3.29. The highest BCUT2D eigenvalue weighted by atomic mass is 16.1. The maximum Gasteiger partial charge on any atom is 0.251 e. The number of amides is 1. The average molecular weight is 259 g/mol. The van der Waals surface area contributed by atoms with E-state index in [9.17, 15) is 4.79 Å². The van der Waals surface area contributed by atoms with E-state index in [1.165, 1.54) is 19.4 Å². The van der Waals surface area contributed by atoms with Gasteiger partial charge in [-0.05, 0) is 50.1 Å². The third-order valence-corrected chi connectivity index (χ3v) is 4.36. The third kappa shape index (κ3) is 2.45. The Morgan fingerprint density at radius 1 is 1.21 bits per heavy atom. The van der Waals surface area contributed by atoms with Crippen molar-refractivity contribution in [2.45, 2.75) is 31.3 Å². The highest BCUT2D eigenvalue weighted by Gasteiger charge is 2.37. The molecule has 0 radical (unpaired) electrons. The minimum Gasteiger partial charge on any atom is -0.388 e. The van der Waals surface area contributed by atoms with Crippen LogP contribution in [0, 0.1) is 0 Å². The Morgan fingerprint density at radius 2 is 2.00 bits per heavy atom. The number of carbonyl (C=O) groups excluding carboxylic acids is 1. The van der Waals surface area contributed by atoms with Gasteiger partial charge in [-0.2, -0.15) is 0 Å². The van der Waals surface area contributed by atoms with Crippen LogP contribution in [0.5, 0.6) is 0 Å². The third-order valence-electron chi connectivity index (χ3n) is 4.36. The molecule has 3 rings (SSSR count). The second kappa shape index (κ2) is 5.21. The number of hydrogen-bond acceptors (Lipinski definition) is 3. The van der Waals surface area contributed by atoms with Gasteiger partial charge in [0.25, 0.3) is 5.91 Å². The molecule has 1 amide bonds. The van der Waals surface area contributed by atoms with Crippen molar-refractivity contribution in [1.29, 1.82) is 0 Å². The van der Waals surface area contributed by atoms with E-state index in [1.807, 2.05) is 31.3 Å². The van der Waals surface area contributed by atoms with Crippen LogP contribution in [0.2, 0.25) is 0 Å². The summed E-state index contributed by atoms with van der Waals surface area (Å²) in [6, 6.07) is 8.53. The van der Waals surface area contributed by atoms with Gasteiger partial charge < -0.3 is 10.6 Å². The monoisotopic (exact) mass is 259 g/mol. The number of anilines is 1. The van der Waals surface area contributed by atoms with Crippen molar-refractivity contribution in [2.24, 2.45) is 0 Å². The van der Waals surface area contributed by atoms with Crippen molar-refractivity contribution in [3.8, 4) is 0 Å². The highest BCUT2D eigenvalue weighted by Crippen LogP contribution is 2.28. The minimum absolute atomic E-state index is 0.0569. The summed E-state index contributed by atoms with van der Waals surface area (Å²) >= 11 is 0. The van der Waals surface area contributed by atoms with Gasteiger partial charge in [-0.1, -0.05) is 0 Å². The second-order valence-corrected chi connectivity index (χ2v) is 5.44. The normalized spacial score (nSPS) is 26.2. The molecule has 1 aromatic carbocycles. The van der Waals surface area contributed by atoms with Gasteiger partial charge in [-0.15, -0.1) is 0 Å². The average Bonchev–Trinajstić information content (AvgIpc) is 3.04. The SMILES string of the molecule is CNc1ccc(C(=O)NC2CCN3CCCC23)cc1. The summed E-state index contributed by atoms with van der Waals surface area (Å²) in [4.78, 5) is 14.7.